The van der Waals surface area contributed by atoms with Crippen LogP contribution in [0.2, 0.25) is 0 Å². The first-order valence-corrected chi connectivity index (χ1v) is 7.07. The fourth-order valence-electron chi connectivity index (χ4n) is 1.62. The van der Waals surface area contributed by atoms with Crippen molar-refractivity contribution >= 4 is 29.6 Å². The smallest absolute Gasteiger partial charge is 0.189 e. The van der Waals surface area contributed by atoms with E-state index < -0.39 is 0 Å². The molecular weight excluding hydrogens is 258 g/mol. The molecule has 98 valence electrons. The van der Waals surface area contributed by atoms with Crippen LogP contribution in [0.4, 0.5) is 11.5 Å². The third-order valence-electron chi connectivity index (χ3n) is 2.87. The Morgan fingerprint density at radius 3 is 2.68 bits per heavy atom. The van der Waals surface area contributed by atoms with Crippen molar-refractivity contribution in [3.8, 4) is 0 Å². The SMILES string of the molecule is CSc1ncc(C=O)c(Nc2ccc(C)c(C)c2)n1. The highest BCUT2D eigenvalue weighted by molar-refractivity contribution is 7.98. The number of hydrogen-bond donors (Lipinski definition) is 1. The van der Waals surface area contributed by atoms with Crippen molar-refractivity contribution in [1.29, 1.82) is 0 Å². The van der Waals surface area contributed by atoms with Crippen LogP contribution in [0.3, 0.4) is 0 Å². The summed E-state index contributed by atoms with van der Waals surface area (Å²) < 4.78 is 0. The molecule has 0 aliphatic heterocycles. The number of rotatable bonds is 4. The lowest BCUT2D eigenvalue weighted by atomic mass is 10.1. The first kappa shape index (κ1) is 13.5. The molecule has 1 aromatic carbocycles. The molecule has 0 radical (unpaired) electrons. The first-order chi connectivity index (χ1) is 9.13. The molecule has 0 aliphatic rings. The maximum atomic E-state index is 11.0. The molecule has 0 atom stereocenters. The van der Waals surface area contributed by atoms with Gasteiger partial charge >= 0.3 is 0 Å². The Hall–Kier alpha value is -1.88. The molecule has 0 saturated carbocycles. The van der Waals surface area contributed by atoms with E-state index in [2.05, 4.69) is 29.1 Å². The van der Waals surface area contributed by atoms with Crippen molar-refractivity contribution in [1.82, 2.24) is 9.97 Å². The van der Waals surface area contributed by atoms with Crippen LogP contribution in [-0.2, 0) is 0 Å². The molecule has 5 heteroatoms. The molecule has 4 nitrogen and oxygen atoms in total. The highest BCUT2D eigenvalue weighted by Gasteiger charge is 2.07. The van der Waals surface area contributed by atoms with Crippen molar-refractivity contribution < 1.29 is 4.79 Å². The lowest BCUT2D eigenvalue weighted by Gasteiger charge is -2.10. The minimum absolute atomic E-state index is 0.455. The Bertz CT molecular complexity index is 614. The van der Waals surface area contributed by atoms with Crippen molar-refractivity contribution in [2.75, 3.05) is 11.6 Å². The van der Waals surface area contributed by atoms with Crippen LogP contribution < -0.4 is 5.32 Å². The first-order valence-electron chi connectivity index (χ1n) is 5.84. The van der Waals surface area contributed by atoms with Gasteiger partial charge in [-0.15, -0.1) is 0 Å². The van der Waals surface area contributed by atoms with Crippen LogP contribution in [-0.4, -0.2) is 22.5 Å². The van der Waals surface area contributed by atoms with E-state index in [1.807, 2.05) is 24.5 Å². The zero-order valence-electron chi connectivity index (χ0n) is 11.1. The predicted molar refractivity (Wildman–Crippen MR) is 78.4 cm³/mol. The summed E-state index contributed by atoms with van der Waals surface area (Å²) in [6.45, 7) is 4.11. The van der Waals surface area contributed by atoms with E-state index in [1.54, 1.807) is 0 Å². The van der Waals surface area contributed by atoms with Gasteiger partial charge < -0.3 is 5.32 Å². The quantitative estimate of drug-likeness (QED) is 0.526. The van der Waals surface area contributed by atoms with E-state index in [0.717, 1.165) is 12.0 Å². The average Bonchev–Trinajstić information content (AvgIpc) is 2.43. The number of anilines is 2. The van der Waals surface area contributed by atoms with Gasteiger partial charge in [-0.3, -0.25) is 4.79 Å². The highest BCUT2D eigenvalue weighted by atomic mass is 32.2. The van der Waals surface area contributed by atoms with Crippen molar-refractivity contribution in [3.63, 3.8) is 0 Å². The van der Waals surface area contributed by atoms with Gasteiger partial charge in [0.05, 0.1) is 5.56 Å². The molecule has 0 amide bonds. The van der Waals surface area contributed by atoms with Gasteiger partial charge in [0.1, 0.15) is 5.82 Å². The second-order valence-electron chi connectivity index (χ2n) is 4.20. The van der Waals surface area contributed by atoms with Crippen molar-refractivity contribution in [2.24, 2.45) is 0 Å². The Balaban J connectivity index is 2.35. The van der Waals surface area contributed by atoms with E-state index in [1.165, 1.54) is 29.1 Å². The third kappa shape index (κ3) is 3.12. The molecule has 1 aromatic heterocycles. The van der Waals surface area contributed by atoms with Crippen LogP contribution in [0.25, 0.3) is 0 Å². The van der Waals surface area contributed by atoms with Gasteiger partial charge in [-0.25, -0.2) is 9.97 Å². The minimum Gasteiger partial charge on any atom is -0.339 e. The van der Waals surface area contributed by atoms with Crippen LogP contribution in [0, 0.1) is 13.8 Å². The van der Waals surface area contributed by atoms with E-state index in [0.29, 0.717) is 16.5 Å². The third-order valence-corrected chi connectivity index (χ3v) is 3.44. The number of benzene rings is 1. The Morgan fingerprint density at radius 1 is 1.26 bits per heavy atom. The number of thioether (sulfide) groups is 1. The van der Waals surface area contributed by atoms with Crippen molar-refractivity contribution in [3.05, 3.63) is 41.1 Å². The van der Waals surface area contributed by atoms with E-state index in [9.17, 15) is 4.79 Å². The molecule has 2 aromatic rings. The Labute approximate surface area is 116 Å². The molecule has 0 fully saturated rings. The summed E-state index contributed by atoms with van der Waals surface area (Å²) in [5.74, 6) is 0.539. The monoisotopic (exact) mass is 273 g/mol. The summed E-state index contributed by atoms with van der Waals surface area (Å²) in [5, 5.41) is 3.81. The minimum atomic E-state index is 0.455. The van der Waals surface area contributed by atoms with Gasteiger partial charge in [0.15, 0.2) is 11.4 Å². The van der Waals surface area contributed by atoms with Crippen molar-refractivity contribution in [2.45, 2.75) is 19.0 Å². The van der Waals surface area contributed by atoms with Crippen LogP contribution in [0.1, 0.15) is 21.5 Å². The molecule has 1 heterocycles. The standard InChI is InChI=1S/C14H15N3OS/c1-9-4-5-12(6-10(9)2)16-13-11(8-18)7-15-14(17-13)19-3/h4-8H,1-3H3,(H,15,16,17). The lowest BCUT2D eigenvalue weighted by Crippen LogP contribution is -2.01. The van der Waals surface area contributed by atoms with Crippen LogP contribution in [0.5, 0.6) is 0 Å². The van der Waals surface area contributed by atoms with Crippen LogP contribution in [0.15, 0.2) is 29.6 Å². The summed E-state index contributed by atoms with van der Waals surface area (Å²) in [5.41, 5.74) is 3.79. The molecule has 0 bridgehead atoms. The molecule has 0 saturated heterocycles. The van der Waals surface area contributed by atoms with Gasteiger partial charge in [0.25, 0.3) is 0 Å². The maximum Gasteiger partial charge on any atom is 0.189 e. The summed E-state index contributed by atoms with van der Waals surface area (Å²) in [4.78, 5) is 19.4. The lowest BCUT2D eigenvalue weighted by molar-refractivity contribution is 0.112. The number of nitrogens with zero attached hydrogens (tertiary/aromatic N) is 2. The van der Waals surface area contributed by atoms with E-state index in [4.69, 9.17) is 0 Å². The molecule has 19 heavy (non-hydrogen) atoms. The van der Waals surface area contributed by atoms with Crippen LogP contribution >= 0.6 is 11.8 Å². The number of carbonyl (C=O) groups excluding carboxylic acids is 1. The number of aromatic nitrogens is 2. The number of carbonyl (C=O) groups is 1. The number of nitrogens with one attached hydrogen (secondary N) is 1. The van der Waals surface area contributed by atoms with Gasteiger partial charge in [-0.05, 0) is 43.4 Å². The molecule has 0 aliphatic carbocycles. The largest absolute Gasteiger partial charge is 0.339 e. The average molecular weight is 273 g/mol. The fourth-order valence-corrected chi connectivity index (χ4v) is 1.96. The zero-order valence-corrected chi connectivity index (χ0v) is 11.9. The Kier molecular flexibility index (Phi) is 4.16. The van der Waals surface area contributed by atoms with E-state index in [-0.39, 0.29) is 0 Å². The second kappa shape index (κ2) is 5.84. The number of aryl methyl sites for hydroxylation is 2. The summed E-state index contributed by atoms with van der Waals surface area (Å²) in [6, 6.07) is 6.04. The predicted octanol–water partition coefficient (Wildman–Crippen LogP) is 3.37. The second-order valence-corrected chi connectivity index (χ2v) is 4.98. The molecule has 2 rings (SSSR count). The maximum absolute atomic E-state index is 11.0. The number of aldehydes is 1. The highest BCUT2D eigenvalue weighted by Crippen LogP contribution is 2.21. The molecule has 0 spiro atoms. The zero-order chi connectivity index (χ0) is 13.8. The summed E-state index contributed by atoms with van der Waals surface area (Å²) in [6.07, 6.45) is 4.19. The van der Waals surface area contributed by atoms with Gasteiger partial charge in [0.2, 0.25) is 0 Å². The molecular formula is C14H15N3OS. The topological polar surface area (TPSA) is 54.9 Å². The molecule has 0 unspecified atom stereocenters. The molecule has 1 N–H and O–H groups in total. The summed E-state index contributed by atoms with van der Waals surface area (Å²) in [7, 11) is 0. The van der Waals surface area contributed by atoms with Gasteiger partial charge in [0, 0.05) is 11.9 Å². The fraction of sp³-hybridized carbons (Fsp3) is 0.214. The Morgan fingerprint density at radius 2 is 2.05 bits per heavy atom. The summed E-state index contributed by atoms with van der Waals surface area (Å²) >= 11 is 1.44. The normalized spacial score (nSPS) is 10.3. The van der Waals surface area contributed by atoms with E-state index >= 15 is 0 Å². The van der Waals surface area contributed by atoms with Gasteiger partial charge in [-0.2, -0.15) is 0 Å². The number of hydrogen-bond acceptors (Lipinski definition) is 5. The van der Waals surface area contributed by atoms with Gasteiger partial charge in [-0.1, -0.05) is 17.8 Å².